The van der Waals surface area contributed by atoms with E-state index >= 15 is 8.78 Å². The lowest BCUT2D eigenvalue weighted by Gasteiger charge is -2.13. The molecule has 3 N–H and O–H groups in total. The molecule has 0 bridgehead atoms. The van der Waals surface area contributed by atoms with Crippen molar-refractivity contribution in [2.75, 3.05) is 5.73 Å². The molecule has 0 fully saturated rings. The van der Waals surface area contributed by atoms with Gasteiger partial charge in [-0.25, -0.2) is 18.7 Å². The van der Waals surface area contributed by atoms with Gasteiger partial charge < -0.3 is 20.4 Å². The van der Waals surface area contributed by atoms with Crippen molar-refractivity contribution >= 4 is 22.6 Å². The van der Waals surface area contributed by atoms with Crippen molar-refractivity contribution in [2.24, 2.45) is 7.05 Å². The van der Waals surface area contributed by atoms with E-state index in [2.05, 4.69) is 32.9 Å². The zero-order chi connectivity index (χ0) is 30.1. The minimum absolute atomic E-state index is 0.00542. The van der Waals surface area contributed by atoms with Gasteiger partial charge in [-0.05, 0) is 60.9 Å². The third-order valence-electron chi connectivity index (χ3n) is 6.92. The number of nitrogens with two attached hydrogens (primary N) is 1. The quantitative estimate of drug-likeness (QED) is 0.244. The Morgan fingerprint density at radius 3 is 2.62 bits per heavy atom. The van der Waals surface area contributed by atoms with Gasteiger partial charge in [-0.2, -0.15) is 10.2 Å². The summed E-state index contributed by atoms with van der Waals surface area (Å²) in [5.74, 6) is -1.71. The lowest BCUT2D eigenvalue weighted by Crippen LogP contribution is -2.20. The summed E-state index contributed by atoms with van der Waals surface area (Å²) in [5.41, 5.74) is 10.3. The summed E-state index contributed by atoms with van der Waals surface area (Å²) < 4.78 is 38.5. The number of nitriles is 1. The summed E-state index contributed by atoms with van der Waals surface area (Å²) in [6.07, 6.45) is 4.05. The molecule has 0 aliphatic heterocycles. The van der Waals surface area contributed by atoms with Crippen molar-refractivity contribution in [2.45, 2.75) is 20.4 Å². The Kier molecular flexibility index (Phi) is 7.37. The topological polar surface area (TPSA) is 132 Å². The van der Waals surface area contributed by atoms with Gasteiger partial charge in [0.1, 0.15) is 17.7 Å². The molecule has 9 nitrogen and oxygen atoms in total. The number of ether oxygens (including phenoxy) is 1. The molecule has 0 aliphatic rings. The molecular weight excluding hydrogens is 540 g/mol. The number of benzene rings is 2. The maximum absolute atomic E-state index is 15.7. The molecular formula is C31H25F2N7O2. The number of pyridine rings is 1. The van der Waals surface area contributed by atoms with Crippen molar-refractivity contribution in [1.82, 2.24) is 24.8 Å². The average Bonchev–Trinajstić information content (AvgIpc) is 3.28. The van der Waals surface area contributed by atoms with Gasteiger partial charge in [-0.1, -0.05) is 18.7 Å². The van der Waals surface area contributed by atoms with Crippen molar-refractivity contribution in [3.63, 3.8) is 0 Å². The molecule has 0 saturated carbocycles. The van der Waals surface area contributed by atoms with Crippen LogP contribution >= 0.6 is 0 Å². The molecule has 0 aliphatic carbocycles. The van der Waals surface area contributed by atoms with Crippen molar-refractivity contribution in [3.05, 3.63) is 95.5 Å². The zero-order valence-corrected chi connectivity index (χ0v) is 23.0. The molecule has 3 heterocycles. The highest BCUT2D eigenvalue weighted by Crippen LogP contribution is 2.44. The number of nitrogen functional groups attached to an aromatic ring is 1. The Labute approximate surface area is 239 Å². The third-order valence-corrected chi connectivity index (χ3v) is 6.92. The number of aryl methyl sites for hydroxylation is 3. The van der Waals surface area contributed by atoms with Gasteiger partial charge in [-0.3, -0.25) is 4.79 Å². The highest BCUT2D eigenvalue weighted by molar-refractivity contribution is 6.10. The van der Waals surface area contributed by atoms with Gasteiger partial charge in [0.25, 0.3) is 0 Å². The number of amides is 1. The van der Waals surface area contributed by atoms with Gasteiger partial charge in [0.15, 0.2) is 11.6 Å². The molecule has 42 heavy (non-hydrogen) atoms. The molecule has 1 amide bonds. The summed E-state index contributed by atoms with van der Waals surface area (Å²) in [6.45, 7) is 7.15. The van der Waals surface area contributed by atoms with Gasteiger partial charge >= 0.3 is 6.01 Å². The van der Waals surface area contributed by atoms with Crippen LogP contribution in [0.3, 0.4) is 0 Å². The summed E-state index contributed by atoms with van der Waals surface area (Å²) in [4.78, 5) is 24.1. The first-order valence-electron chi connectivity index (χ1n) is 12.8. The normalized spacial score (nSPS) is 10.9. The van der Waals surface area contributed by atoms with Crippen molar-refractivity contribution in [1.29, 1.82) is 5.26 Å². The fourth-order valence-electron chi connectivity index (χ4n) is 4.70. The summed E-state index contributed by atoms with van der Waals surface area (Å²) >= 11 is 0. The van der Waals surface area contributed by atoms with Gasteiger partial charge in [0.2, 0.25) is 5.91 Å². The van der Waals surface area contributed by atoms with Crippen LogP contribution in [0.5, 0.6) is 11.8 Å². The van der Waals surface area contributed by atoms with E-state index in [4.69, 9.17) is 10.5 Å². The number of aromatic nitrogens is 4. The van der Waals surface area contributed by atoms with Crippen LogP contribution in [0, 0.1) is 36.8 Å². The van der Waals surface area contributed by atoms with Crippen LogP contribution in [0.4, 0.5) is 14.6 Å². The number of carbonyl (C=O) groups excluding carboxylic acids is 1. The predicted molar refractivity (Wildman–Crippen MR) is 154 cm³/mol. The van der Waals surface area contributed by atoms with E-state index in [1.54, 1.807) is 42.9 Å². The molecule has 11 heteroatoms. The Bertz CT molecular complexity index is 1940. The highest BCUT2D eigenvalue weighted by Gasteiger charge is 2.26. The number of hydrogen-bond donors (Lipinski definition) is 2. The number of nitrogens with one attached hydrogen (secondary N) is 1. The molecule has 5 aromatic rings. The molecule has 2 aromatic carbocycles. The Morgan fingerprint density at radius 2 is 1.95 bits per heavy atom. The number of rotatable bonds is 7. The third kappa shape index (κ3) is 5.01. The van der Waals surface area contributed by atoms with Crippen molar-refractivity contribution < 1.29 is 18.3 Å². The number of halogens is 2. The molecule has 0 saturated heterocycles. The highest BCUT2D eigenvalue weighted by atomic mass is 19.1. The fourth-order valence-corrected chi connectivity index (χ4v) is 4.70. The van der Waals surface area contributed by atoms with Crippen molar-refractivity contribution in [3.8, 4) is 40.2 Å². The van der Waals surface area contributed by atoms with E-state index in [1.165, 1.54) is 24.4 Å². The number of anilines is 1. The molecule has 210 valence electrons. The number of hydrogen-bond acceptors (Lipinski definition) is 7. The zero-order valence-electron chi connectivity index (χ0n) is 23.0. The molecule has 0 atom stereocenters. The van der Waals surface area contributed by atoms with E-state index in [-0.39, 0.29) is 41.2 Å². The lowest BCUT2D eigenvalue weighted by atomic mass is 9.97. The Balaban J connectivity index is 1.67. The first-order chi connectivity index (χ1) is 20.1. The Hall–Kier alpha value is -5.63. The van der Waals surface area contributed by atoms with Gasteiger partial charge in [-0.15, -0.1) is 0 Å². The minimum atomic E-state index is -0.714. The second-order valence-electron chi connectivity index (χ2n) is 9.58. The Morgan fingerprint density at radius 1 is 1.17 bits per heavy atom. The maximum atomic E-state index is 15.7. The first-order valence-corrected chi connectivity index (χ1v) is 12.8. The number of fused-ring (bicyclic) bond motifs is 1. The second kappa shape index (κ2) is 11.1. The molecule has 5 rings (SSSR count). The monoisotopic (exact) mass is 565 g/mol. The average molecular weight is 566 g/mol. The standard InChI is InChI=1S/C31H25F2N7O2/c1-5-25(41)36-14-18-6-8-21(22(32)10-18)29-26(27-28(40(29)4)20(12-34)15-37-30(27)35)19-7-9-24(23(33)11-19)42-31-38-13-16(2)17(3)39-31/h5-11,13,15H,1,14H2,2-4H3,(H2,35,37)(H,36,41). The molecule has 3 aromatic heterocycles. The summed E-state index contributed by atoms with van der Waals surface area (Å²) in [7, 11) is 1.67. The van der Waals surface area contributed by atoms with Crippen LogP contribution in [-0.4, -0.2) is 25.4 Å². The minimum Gasteiger partial charge on any atom is -0.421 e. The van der Waals surface area contributed by atoms with E-state index in [0.29, 0.717) is 39.0 Å². The number of nitrogens with zero attached hydrogens (tertiary/aromatic N) is 5. The maximum Gasteiger partial charge on any atom is 0.322 e. The molecule has 0 radical (unpaired) electrons. The van der Waals surface area contributed by atoms with E-state index < -0.39 is 11.6 Å². The smallest absolute Gasteiger partial charge is 0.322 e. The number of carbonyl (C=O) groups is 1. The largest absolute Gasteiger partial charge is 0.421 e. The lowest BCUT2D eigenvalue weighted by molar-refractivity contribution is -0.116. The van der Waals surface area contributed by atoms with Crippen LogP contribution in [0.1, 0.15) is 22.4 Å². The van der Waals surface area contributed by atoms with Crippen LogP contribution < -0.4 is 15.8 Å². The van der Waals surface area contributed by atoms with Crippen LogP contribution in [0.2, 0.25) is 0 Å². The van der Waals surface area contributed by atoms with Gasteiger partial charge in [0.05, 0.1) is 22.2 Å². The first kappa shape index (κ1) is 27.9. The predicted octanol–water partition coefficient (Wildman–Crippen LogP) is 5.64. The summed E-state index contributed by atoms with van der Waals surface area (Å²) in [6, 6.07) is 10.9. The van der Waals surface area contributed by atoms with Gasteiger partial charge in [0, 0.05) is 42.8 Å². The second-order valence-corrected chi connectivity index (χ2v) is 9.58. The summed E-state index contributed by atoms with van der Waals surface area (Å²) in [5, 5.41) is 12.8. The van der Waals surface area contributed by atoms with Crippen LogP contribution in [0.25, 0.3) is 33.3 Å². The molecule has 0 spiro atoms. The SMILES string of the molecule is C=CC(=O)NCc1ccc(-c2c(-c3ccc(Oc4ncc(C)c(C)n4)c(F)c3)c3c(N)ncc(C#N)c3n2C)c(F)c1. The van der Waals surface area contributed by atoms with Crippen LogP contribution in [-0.2, 0) is 18.4 Å². The fraction of sp³-hybridized carbons (Fsp3) is 0.129. The van der Waals surface area contributed by atoms with E-state index in [0.717, 1.165) is 11.6 Å². The molecule has 0 unspecified atom stereocenters. The van der Waals surface area contributed by atoms with E-state index in [9.17, 15) is 10.1 Å². The van der Waals surface area contributed by atoms with Crippen LogP contribution in [0.15, 0.2) is 61.4 Å². The van der Waals surface area contributed by atoms with E-state index in [1.807, 2.05) is 6.92 Å².